The van der Waals surface area contributed by atoms with Gasteiger partial charge in [0.05, 0.1) is 13.2 Å². The number of carbonyl (C=O) groups excluding carboxylic acids is 1. The second-order valence-electron chi connectivity index (χ2n) is 7.22. The van der Waals surface area contributed by atoms with Crippen molar-refractivity contribution in [1.82, 2.24) is 0 Å². The van der Waals surface area contributed by atoms with Crippen molar-refractivity contribution in [2.24, 2.45) is 0 Å². The average molecular weight is 482 g/mol. The summed E-state index contributed by atoms with van der Waals surface area (Å²) >= 11 is 2.27. The molecular formula is C22H43IO3. The van der Waals surface area contributed by atoms with E-state index in [9.17, 15) is 4.79 Å². The van der Waals surface area contributed by atoms with Crippen LogP contribution in [-0.4, -0.2) is 30.2 Å². The van der Waals surface area contributed by atoms with Gasteiger partial charge < -0.3 is 9.47 Å². The number of esters is 1. The summed E-state index contributed by atoms with van der Waals surface area (Å²) in [5, 5.41) is 0. The molecule has 3 nitrogen and oxygen atoms in total. The first-order valence-electron chi connectivity index (χ1n) is 11.1. The average Bonchev–Trinajstić information content (AvgIpc) is 2.64. The number of hydrogen-bond donors (Lipinski definition) is 0. The van der Waals surface area contributed by atoms with E-state index in [1.165, 1.54) is 83.5 Å². The molecule has 0 amide bonds. The summed E-state index contributed by atoms with van der Waals surface area (Å²) in [6.45, 7) is 3.93. The fourth-order valence-electron chi connectivity index (χ4n) is 3.08. The molecular weight excluding hydrogens is 439 g/mol. The van der Waals surface area contributed by atoms with Crippen LogP contribution >= 0.6 is 22.6 Å². The molecule has 0 unspecified atom stereocenters. The van der Waals surface area contributed by atoms with E-state index in [1.54, 1.807) is 0 Å². The molecule has 26 heavy (non-hydrogen) atoms. The maximum atomic E-state index is 11.5. The third-order valence-corrected chi connectivity index (χ3v) is 5.14. The molecule has 0 saturated carbocycles. The van der Waals surface area contributed by atoms with Crippen LogP contribution in [0.25, 0.3) is 0 Å². The molecule has 156 valence electrons. The highest BCUT2D eigenvalue weighted by Crippen LogP contribution is 2.13. The number of unbranched alkanes of at least 4 members (excludes halogenated alkanes) is 14. The van der Waals surface area contributed by atoms with E-state index in [1.807, 2.05) is 0 Å². The Morgan fingerprint density at radius 2 is 1.12 bits per heavy atom. The Kier molecular flexibility index (Phi) is 23.3. The smallest absolute Gasteiger partial charge is 0.305 e. The van der Waals surface area contributed by atoms with Crippen LogP contribution in [0.2, 0.25) is 0 Å². The predicted octanol–water partition coefficient (Wildman–Crippen LogP) is 7.24. The third-order valence-electron chi connectivity index (χ3n) is 4.70. The van der Waals surface area contributed by atoms with Crippen LogP contribution in [0, 0.1) is 0 Å². The summed E-state index contributed by atoms with van der Waals surface area (Å²) < 4.78 is 11.4. The van der Waals surface area contributed by atoms with Crippen molar-refractivity contribution in [3.63, 3.8) is 0 Å². The van der Waals surface area contributed by atoms with Crippen LogP contribution in [0.4, 0.5) is 0 Å². The molecule has 0 aliphatic carbocycles. The minimum atomic E-state index is -0.0715. The van der Waals surface area contributed by atoms with Crippen molar-refractivity contribution in [3.8, 4) is 0 Å². The second-order valence-corrected chi connectivity index (χ2v) is 8.30. The molecule has 0 heterocycles. The molecule has 0 rings (SSSR count). The van der Waals surface area contributed by atoms with E-state index in [2.05, 4.69) is 29.5 Å². The van der Waals surface area contributed by atoms with E-state index in [0.29, 0.717) is 19.6 Å². The molecule has 0 aliphatic heterocycles. The van der Waals surface area contributed by atoms with Gasteiger partial charge in [-0.05, 0) is 6.42 Å². The van der Waals surface area contributed by atoms with Crippen molar-refractivity contribution in [1.29, 1.82) is 0 Å². The summed E-state index contributed by atoms with van der Waals surface area (Å²) in [5.74, 6) is -0.0715. The summed E-state index contributed by atoms with van der Waals surface area (Å²) in [6.07, 6.45) is 20.7. The number of halogens is 1. The van der Waals surface area contributed by atoms with Crippen molar-refractivity contribution < 1.29 is 14.3 Å². The van der Waals surface area contributed by atoms with Gasteiger partial charge in [-0.25, -0.2) is 0 Å². The minimum absolute atomic E-state index is 0.0715. The molecule has 0 N–H and O–H groups in total. The van der Waals surface area contributed by atoms with Gasteiger partial charge in [-0.2, -0.15) is 0 Å². The first-order valence-corrected chi connectivity index (χ1v) is 12.6. The lowest BCUT2D eigenvalue weighted by molar-refractivity contribution is -0.145. The van der Waals surface area contributed by atoms with E-state index >= 15 is 0 Å². The van der Waals surface area contributed by atoms with Gasteiger partial charge in [0.25, 0.3) is 0 Å². The van der Waals surface area contributed by atoms with Crippen molar-refractivity contribution >= 4 is 28.6 Å². The van der Waals surface area contributed by atoms with E-state index in [0.717, 1.165) is 23.9 Å². The summed E-state index contributed by atoms with van der Waals surface area (Å²) in [4.78, 5) is 11.5. The Labute approximate surface area is 176 Å². The number of carbonyl (C=O) groups is 1. The molecule has 0 aromatic carbocycles. The first-order chi connectivity index (χ1) is 12.8. The zero-order valence-electron chi connectivity index (χ0n) is 17.2. The maximum absolute atomic E-state index is 11.5. The summed E-state index contributed by atoms with van der Waals surface area (Å²) in [6, 6.07) is 0. The number of ether oxygens (including phenoxy) is 2. The second kappa shape index (κ2) is 23.2. The maximum Gasteiger partial charge on any atom is 0.305 e. The van der Waals surface area contributed by atoms with Crippen LogP contribution in [0.1, 0.15) is 110 Å². The van der Waals surface area contributed by atoms with Crippen molar-refractivity contribution in [3.05, 3.63) is 0 Å². The molecule has 0 atom stereocenters. The topological polar surface area (TPSA) is 35.5 Å². The molecule has 0 radical (unpaired) electrons. The molecule has 0 fully saturated rings. The highest BCUT2D eigenvalue weighted by Gasteiger charge is 2.02. The van der Waals surface area contributed by atoms with E-state index in [-0.39, 0.29) is 5.97 Å². The number of hydrogen-bond acceptors (Lipinski definition) is 3. The lowest BCUT2D eigenvalue weighted by atomic mass is 10.0. The monoisotopic (exact) mass is 482 g/mol. The minimum Gasteiger partial charge on any atom is -0.463 e. The Hall–Kier alpha value is 0.160. The fourth-order valence-corrected chi connectivity index (χ4v) is 3.40. The van der Waals surface area contributed by atoms with Gasteiger partial charge in [0.15, 0.2) is 0 Å². The van der Waals surface area contributed by atoms with Crippen LogP contribution in [-0.2, 0) is 14.3 Å². The standard InChI is InChI=1S/C22H43IO3/c1-2-3-4-5-6-7-8-9-10-11-12-13-14-15-16-17-22(24)26-21-20-25-19-18-23/h2-21H2,1H3. The predicted molar refractivity (Wildman–Crippen MR) is 120 cm³/mol. The lowest BCUT2D eigenvalue weighted by Crippen LogP contribution is -2.11. The Balaban J connectivity index is 3.09. The largest absolute Gasteiger partial charge is 0.463 e. The number of rotatable bonds is 21. The van der Waals surface area contributed by atoms with Crippen molar-refractivity contribution in [2.45, 2.75) is 110 Å². The molecule has 0 saturated heterocycles. The molecule has 0 spiro atoms. The molecule has 0 aliphatic rings. The zero-order chi connectivity index (χ0) is 19.1. The Morgan fingerprint density at radius 1 is 0.654 bits per heavy atom. The normalized spacial score (nSPS) is 11.0. The highest BCUT2D eigenvalue weighted by atomic mass is 127. The van der Waals surface area contributed by atoms with Crippen LogP contribution in [0.3, 0.4) is 0 Å². The van der Waals surface area contributed by atoms with Gasteiger partial charge >= 0.3 is 5.97 Å². The van der Waals surface area contributed by atoms with Gasteiger partial charge in [0.1, 0.15) is 6.61 Å². The first kappa shape index (κ1) is 26.2. The highest BCUT2D eigenvalue weighted by molar-refractivity contribution is 14.1. The quantitative estimate of drug-likeness (QED) is 0.0749. The third kappa shape index (κ3) is 22.2. The van der Waals surface area contributed by atoms with Gasteiger partial charge in [-0.3, -0.25) is 4.79 Å². The van der Waals surface area contributed by atoms with Gasteiger partial charge in [-0.15, -0.1) is 0 Å². The molecule has 0 aromatic heterocycles. The van der Waals surface area contributed by atoms with Gasteiger partial charge in [-0.1, -0.05) is 119 Å². The lowest BCUT2D eigenvalue weighted by Gasteiger charge is -2.05. The molecule has 4 heteroatoms. The Morgan fingerprint density at radius 3 is 1.58 bits per heavy atom. The van der Waals surface area contributed by atoms with Crippen molar-refractivity contribution in [2.75, 3.05) is 24.2 Å². The van der Waals surface area contributed by atoms with E-state index in [4.69, 9.17) is 9.47 Å². The molecule has 0 aromatic rings. The molecule has 0 bridgehead atoms. The summed E-state index contributed by atoms with van der Waals surface area (Å²) in [5.41, 5.74) is 0. The van der Waals surface area contributed by atoms with Gasteiger partial charge in [0, 0.05) is 10.8 Å². The van der Waals surface area contributed by atoms with Crippen LogP contribution in [0.5, 0.6) is 0 Å². The van der Waals surface area contributed by atoms with Crippen LogP contribution in [0.15, 0.2) is 0 Å². The number of alkyl halides is 1. The van der Waals surface area contributed by atoms with Gasteiger partial charge in [0.2, 0.25) is 0 Å². The fraction of sp³-hybridized carbons (Fsp3) is 0.955. The summed E-state index contributed by atoms with van der Waals surface area (Å²) in [7, 11) is 0. The Bertz CT molecular complexity index is 285. The zero-order valence-corrected chi connectivity index (χ0v) is 19.4. The van der Waals surface area contributed by atoms with Crippen LogP contribution < -0.4 is 0 Å². The SMILES string of the molecule is CCCCCCCCCCCCCCCCCC(=O)OCCOCCI. The van der Waals surface area contributed by atoms with E-state index < -0.39 is 0 Å².